The van der Waals surface area contributed by atoms with Gasteiger partial charge in [-0.1, -0.05) is 109 Å². The predicted molar refractivity (Wildman–Crippen MR) is 185 cm³/mol. The van der Waals surface area contributed by atoms with Crippen LogP contribution in [0.15, 0.2) is 170 Å². The predicted octanol–water partition coefficient (Wildman–Crippen LogP) is 10.6. The normalized spacial score (nSPS) is 11.9. The van der Waals surface area contributed by atoms with E-state index in [9.17, 15) is 0 Å². The number of para-hydroxylation sites is 4. The Labute approximate surface area is 253 Å². The fourth-order valence-electron chi connectivity index (χ4n) is 5.98. The Bertz CT molecular complexity index is 1990. The van der Waals surface area contributed by atoms with Crippen molar-refractivity contribution in [1.82, 2.24) is 0 Å². The lowest BCUT2D eigenvalue weighted by atomic mass is 9.94. The second-order valence-corrected chi connectivity index (χ2v) is 10.7. The van der Waals surface area contributed by atoms with Crippen LogP contribution in [0.5, 0.6) is 0 Å². The van der Waals surface area contributed by atoms with Crippen molar-refractivity contribution in [1.29, 1.82) is 0 Å². The molecule has 0 aliphatic heterocycles. The maximum Gasteiger partial charge on any atom is 0.0540 e. The van der Waals surface area contributed by atoms with Gasteiger partial charge in [0.25, 0.3) is 0 Å². The van der Waals surface area contributed by atoms with Gasteiger partial charge in [-0.05, 0) is 94.5 Å². The Morgan fingerprint density at radius 1 is 0.465 bits per heavy atom. The molecule has 206 valence electrons. The van der Waals surface area contributed by atoms with Crippen molar-refractivity contribution in [3.05, 3.63) is 181 Å². The van der Waals surface area contributed by atoms with Crippen molar-refractivity contribution >= 4 is 56.1 Å². The molecule has 7 aromatic rings. The monoisotopic (exact) mass is 552 g/mol. The van der Waals surface area contributed by atoms with Crippen LogP contribution < -0.4 is 15.0 Å². The lowest BCUT2D eigenvalue weighted by molar-refractivity contribution is 1.28. The molecule has 0 fully saturated rings. The molecule has 7 rings (SSSR count). The van der Waals surface area contributed by atoms with E-state index in [0.29, 0.717) is 0 Å². The summed E-state index contributed by atoms with van der Waals surface area (Å²) in [6.45, 7) is 2.22. The van der Waals surface area contributed by atoms with Crippen LogP contribution in [0.2, 0.25) is 0 Å². The highest BCUT2D eigenvalue weighted by Crippen LogP contribution is 2.41. The van der Waals surface area contributed by atoms with E-state index in [4.69, 9.17) is 0 Å². The molecule has 0 saturated carbocycles. The molecule has 0 aromatic heterocycles. The third kappa shape index (κ3) is 5.16. The number of hydrogen-bond acceptors (Lipinski definition) is 2. The second kappa shape index (κ2) is 11.7. The summed E-state index contributed by atoms with van der Waals surface area (Å²) in [5, 5.41) is 6.26. The highest BCUT2D eigenvalue weighted by atomic mass is 15.1. The zero-order chi connectivity index (χ0) is 29.0. The molecule has 0 aliphatic rings. The lowest BCUT2D eigenvalue weighted by Gasteiger charge is -2.27. The standard InChI is InChI=1S/C41H32N2/c1-31-24-25-33-27-29-39(43(36-20-10-4-11-21-36)37-22-12-5-13-23-37)38-28-26-32(40(31)41(33)38)15-14-30-42(34-16-6-2-7-17-34)35-18-8-3-9-19-35/h2-30H,1H3/b30-14+,32-15-. The van der Waals surface area contributed by atoms with Crippen molar-refractivity contribution in [3.63, 3.8) is 0 Å². The maximum atomic E-state index is 2.36. The van der Waals surface area contributed by atoms with Crippen LogP contribution in [0, 0.1) is 6.92 Å². The van der Waals surface area contributed by atoms with E-state index in [-0.39, 0.29) is 0 Å². The number of anilines is 5. The van der Waals surface area contributed by atoms with E-state index in [2.05, 4.69) is 193 Å². The third-order valence-corrected chi connectivity index (χ3v) is 7.98. The van der Waals surface area contributed by atoms with E-state index in [1.807, 2.05) is 0 Å². The van der Waals surface area contributed by atoms with Gasteiger partial charge < -0.3 is 9.80 Å². The first-order valence-electron chi connectivity index (χ1n) is 14.7. The number of hydrogen-bond donors (Lipinski definition) is 0. The largest absolute Gasteiger partial charge is 0.317 e. The van der Waals surface area contributed by atoms with Gasteiger partial charge in [-0.2, -0.15) is 0 Å². The lowest BCUT2D eigenvalue weighted by Crippen LogP contribution is -2.11. The molecule has 0 unspecified atom stereocenters. The minimum atomic E-state index is 1.12. The molecule has 0 amide bonds. The second-order valence-electron chi connectivity index (χ2n) is 10.7. The smallest absolute Gasteiger partial charge is 0.0540 e. The SMILES string of the molecule is Cc1ccc2ccc(N(c3ccccc3)c3ccccc3)c3cc/c(=C/C=C/N(c4ccccc4)c4ccccc4)c1c23. The Hall–Kier alpha value is -5.60. The molecule has 7 aromatic carbocycles. The Balaban J connectivity index is 1.39. The van der Waals surface area contributed by atoms with Gasteiger partial charge in [0.15, 0.2) is 0 Å². The van der Waals surface area contributed by atoms with Crippen molar-refractivity contribution in [2.45, 2.75) is 6.92 Å². The fourth-order valence-corrected chi connectivity index (χ4v) is 5.98. The van der Waals surface area contributed by atoms with Crippen LogP contribution in [0.3, 0.4) is 0 Å². The van der Waals surface area contributed by atoms with Crippen molar-refractivity contribution in [2.24, 2.45) is 0 Å². The molecule has 2 nitrogen and oxygen atoms in total. The van der Waals surface area contributed by atoms with Crippen molar-refractivity contribution in [2.75, 3.05) is 9.80 Å². The van der Waals surface area contributed by atoms with Crippen LogP contribution in [0.1, 0.15) is 5.56 Å². The third-order valence-electron chi connectivity index (χ3n) is 7.98. The van der Waals surface area contributed by atoms with Crippen molar-refractivity contribution < 1.29 is 0 Å². The first-order valence-corrected chi connectivity index (χ1v) is 14.7. The number of allylic oxidation sites excluding steroid dienone is 1. The Morgan fingerprint density at radius 3 is 1.53 bits per heavy atom. The van der Waals surface area contributed by atoms with Crippen LogP contribution >= 0.6 is 0 Å². The fraction of sp³-hybridized carbons (Fsp3) is 0.0244. The summed E-state index contributed by atoms with van der Waals surface area (Å²) >= 11 is 0. The molecule has 0 bridgehead atoms. The summed E-state index contributed by atoms with van der Waals surface area (Å²) in [5.41, 5.74) is 6.96. The summed E-state index contributed by atoms with van der Waals surface area (Å²) < 4.78 is 0. The van der Waals surface area contributed by atoms with Crippen molar-refractivity contribution in [3.8, 4) is 0 Å². The molecule has 43 heavy (non-hydrogen) atoms. The van der Waals surface area contributed by atoms with Gasteiger partial charge in [-0.25, -0.2) is 0 Å². The molecule has 2 heteroatoms. The molecule has 0 radical (unpaired) electrons. The van der Waals surface area contributed by atoms with Crippen LogP contribution in [-0.2, 0) is 0 Å². The minimum Gasteiger partial charge on any atom is -0.317 e. The summed E-state index contributed by atoms with van der Waals surface area (Å²) in [6, 6.07) is 55.8. The number of rotatable bonds is 7. The first kappa shape index (κ1) is 26.3. The van der Waals surface area contributed by atoms with Gasteiger partial charge in [-0.15, -0.1) is 0 Å². The van der Waals surface area contributed by atoms with Gasteiger partial charge in [0.1, 0.15) is 0 Å². The maximum absolute atomic E-state index is 2.36. The average molecular weight is 553 g/mol. The van der Waals surface area contributed by atoms with Gasteiger partial charge in [0.2, 0.25) is 0 Å². The van der Waals surface area contributed by atoms with E-state index >= 15 is 0 Å². The van der Waals surface area contributed by atoms with Crippen LogP contribution in [0.4, 0.5) is 28.4 Å². The van der Waals surface area contributed by atoms with Crippen LogP contribution in [-0.4, -0.2) is 0 Å². The Morgan fingerprint density at radius 2 is 0.977 bits per heavy atom. The summed E-state index contributed by atoms with van der Waals surface area (Å²) in [4.78, 5) is 4.58. The topological polar surface area (TPSA) is 6.48 Å². The zero-order valence-electron chi connectivity index (χ0n) is 24.1. The van der Waals surface area contributed by atoms with Gasteiger partial charge in [-0.3, -0.25) is 0 Å². The average Bonchev–Trinajstić information content (AvgIpc) is 3.07. The molecule has 0 heterocycles. The number of nitrogens with zero attached hydrogens (tertiary/aromatic N) is 2. The molecule has 0 saturated heterocycles. The molecule has 0 N–H and O–H groups in total. The van der Waals surface area contributed by atoms with Gasteiger partial charge in [0.05, 0.1) is 5.69 Å². The van der Waals surface area contributed by atoms with E-state index in [1.165, 1.54) is 38.0 Å². The van der Waals surface area contributed by atoms with Crippen LogP contribution in [0.25, 0.3) is 27.6 Å². The van der Waals surface area contributed by atoms with E-state index in [1.54, 1.807) is 0 Å². The quantitative estimate of drug-likeness (QED) is 0.194. The molecular weight excluding hydrogens is 520 g/mol. The minimum absolute atomic E-state index is 1.12. The molecule has 0 aliphatic carbocycles. The Kier molecular flexibility index (Phi) is 7.17. The first-order chi connectivity index (χ1) is 21.3. The summed E-state index contributed by atoms with van der Waals surface area (Å²) in [6.07, 6.45) is 6.55. The van der Waals surface area contributed by atoms with E-state index in [0.717, 1.165) is 22.7 Å². The number of benzene rings is 7. The molecule has 0 atom stereocenters. The molecular formula is C41H32N2. The number of aryl methyl sites for hydroxylation is 1. The highest BCUT2D eigenvalue weighted by molar-refractivity contribution is 6.16. The van der Waals surface area contributed by atoms with E-state index < -0.39 is 0 Å². The summed E-state index contributed by atoms with van der Waals surface area (Å²) in [5.74, 6) is 0. The zero-order valence-corrected chi connectivity index (χ0v) is 24.1. The summed E-state index contributed by atoms with van der Waals surface area (Å²) in [7, 11) is 0. The van der Waals surface area contributed by atoms with Gasteiger partial charge in [0, 0.05) is 34.3 Å². The van der Waals surface area contributed by atoms with Gasteiger partial charge >= 0.3 is 0 Å². The molecule has 0 spiro atoms. The highest BCUT2D eigenvalue weighted by Gasteiger charge is 2.17.